The van der Waals surface area contributed by atoms with Crippen molar-refractivity contribution in [3.8, 4) is 17.1 Å². The smallest absolute Gasteiger partial charge is 0.159 e. The van der Waals surface area contributed by atoms with E-state index in [0.29, 0.717) is 11.7 Å². The number of methoxy groups -OCH3 is 1. The van der Waals surface area contributed by atoms with Crippen molar-refractivity contribution in [3.63, 3.8) is 0 Å². The lowest BCUT2D eigenvalue weighted by Gasteiger charge is -2.13. The summed E-state index contributed by atoms with van der Waals surface area (Å²) in [5.74, 6) is 1.28. The molecule has 5 heteroatoms. The SMILES string of the molecule is COc1cc(-c2ncc(F)cn2)ccc1NCC(C)C. The predicted molar refractivity (Wildman–Crippen MR) is 77.3 cm³/mol. The number of halogens is 1. The topological polar surface area (TPSA) is 47.0 Å². The molecule has 4 nitrogen and oxygen atoms in total. The minimum atomic E-state index is -0.448. The molecule has 0 radical (unpaired) electrons. The van der Waals surface area contributed by atoms with Crippen LogP contribution in [0.5, 0.6) is 5.75 Å². The van der Waals surface area contributed by atoms with Gasteiger partial charge in [0.1, 0.15) is 5.75 Å². The molecule has 0 aliphatic heterocycles. The van der Waals surface area contributed by atoms with E-state index >= 15 is 0 Å². The first-order chi connectivity index (χ1) is 9.60. The van der Waals surface area contributed by atoms with Gasteiger partial charge in [-0.3, -0.25) is 0 Å². The molecular weight excluding hydrogens is 257 g/mol. The van der Waals surface area contributed by atoms with E-state index in [9.17, 15) is 4.39 Å². The fourth-order valence-corrected chi connectivity index (χ4v) is 1.75. The largest absolute Gasteiger partial charge is 0.495 e. The Labute approximate surface area is 118 Å². The average Bonchev–Trinajstić information content (AvgIpc) is 2.45. The molecule has 0 unspecified atom stereocenters. The van der Waals surface area contributed by atoms with E-state index in [1.807, 2.05) is 18.2 Å². The van der Waals surface area contributed by atoms with E-state index < -0.39 is 5.82 Å². The molecule has 0 atom stereocenters. The van der Waals surface area contributed by atoms with Crippen molar-refractivity contribution >= 4 is 5.69 Å². The fourth-order valence-electron chi connectivity index (χ4n) is 1.75. The summed E-state index contributed by atoms with van der Waals surface area (Å²) in [5.41, 5.74) is 1.71. The lowest BCUT2D eigenvalue weighted by molar-refractivity contribution is 0.416. The van der Waals surface area contributed by atoms with Crippen molar-refractivity contribution in [2.24, 2.45) is 5.92 Å². The number of anilines is 1. The minimum Gasteiger partial charge on any atom is -0.495 e. The lowest BCUT2D eigenvalue weighted by Crippen LogP contribution is -2.08. The highest BCUT2D eigenvalue weighted by molar-refractivity contribution is 5.66. The molecule has 0 saturated carbocycles. The van der Waals surface area contributed by atoms with Crippen LogP contribution in [-0.4, -0.2) is 23.6 Å². The molecule has 0 bridgehead atoms. The van der Waals surface area contributed by atoms with Crippen LogP contribution in [-0.2, 0) is 0 Å². The monoisotopic (exact) mass is 275 g/mol. The Hall–Kier alpha value is -2.17. The van der Waals surface area contributed by atoms with Gasteiger partial charge in [0.25, 0.3) is 0 Å². The highest BCUT2D eigenvalue weighted by Crippen LogP contribution is 2.29. The Kier molecular flexibility index (Phi) is 4.50. The van der Waals surface area contributed by atoms with E-state index in [-0.39, 0.29) is 0 Å². The van der Waals surface area contributed by atoms with Gasteiger partial charge in [0, 0.05) is 12.1 Å². The summed E-state index contributed by atoms with van der Waals surface area (Å²) in [7, 11) is 1.62. The Morgan fingerprint density at radius 3 is 2.55 bits per heavy atom. The molecule has 0 fully saturated rings. The van der Waals surface area contributed by atoms with Crippen LogP contribution < -0.4 is 10.1 Å². The van der Waals surface area contributed by atoms with Gasteiger partial charge in [0.15, 0.2) is 11.6 Å². The number of rotatable bonds is 5. The molecule has 0 aliphatic carbocycles. The highest BCUT2D eigenvalue weighted by atomic mass is 19.1. The van der Waals surface area contributed by atoms with E-state index in [1.54, 1.807) is 7.11 Å². The third-order valence-corrected chi connectivity index (χ3v) is 2.78. The maximum atomic E-state index is 12.8. The number of nitrogens with one attached hydrogen (secondary N) is 1. The summed E-state index contributed by atoms with van der Waals surface area (Å²) in [4.78, 5) is 7.93. The third-order valence-electron chi connectivity index (χ3n) is 2.78. The summed E-state index contributed by atoms with van der Waals surface area (Å²) in [6.45, 7) is 5.14. The van der Waals surface area contributed by atoms with Crippen molar-refractivity contribution < 1.29 is 9.13 Å². The number of hydrogen-bond donors (Lipinski definition) is 1. The van der Waals surface area contributed by atoms with Crippen LogP contribution >= 0.6 is 0 Å². The quantitative estimate of drug-likeness (QED) is 0.909. The molecular formula is C15H18FN3O. The zero-order valence-electron chi connectivity index (χ0n) is 11.9. The van der Waals surface area contributed by atoms with Crippen LogP contribution in [0.1, 0.15) is 13.8 Å². The Morgan fingerprint density at radius 2 is 1.95 bits per heavy atom. The van der Waals surface area contributed by atoms with Crippen molar-refractivity contribution in [2.75, 3.05) is 19.0 Å². The molecule has 1 N–H and O–H groups in total. The van der Waals surface area contributed by atoms with Crippen LogP contribution in [0.25, 0.3) is 11.4 Å². The highest BCUT2D eigenvalue weighted by Gasteiger charge is 2.08. The maximum absolute atomic E-state index is 12.8. The van der Waals surface area contributed by atoms with Gasteiger partial charge in [-0.25, -0.2) is 14.4 Å². The number of aromatic nitrogens is 2. The lowest BCUT2D eigenvalue weighted by atomic mass is 10.1. The Bertz CT molecular complexity index is 570. The Balaban J connectivity index is 2.26. The first-order valence-electron chi connectivity index (χ1n) is 6.50. The second-order valence-corrected chi connectivity index (χ2v) is 4.91. The molecule has 0 amide bonds. The Morgan fingerprint density at radius 1 is 1.25 bits per heavy atom. The van der Waals surface area contributed by atoms with E-state index in [1.165, 1.54) is 0 Å². The van der Waals surface area contributed by atoms with Gasteiger partial charge in [-0.05, 0) is 24.1 Å². The molecule has 1 aromatic carbocycles. The van der Waals surface area contributed by atoms with Gasteiger partial charge in [-0.2, -0.15) is 0 Å². The molecule has 2 rings (SSSR count). The summed E-state index contributed by atoms with van der Waals surface area (Å²) in [6.07, 6.45) is 2.31. The second-order valence-electron chi connectivity index (χ2n) is 4.91. The van der Waals surface area contributed by atoms with Crippen molar-refractivity contribution in [3.05, 3.63) is 36.4 Å². The van der Waals surface area contributed by atoms with E-state index in [0.717, 1.165) is 35.9 Å². The van der Waals surface area contributed by atoms with Gasteiger partial charge in [-0.15, -0.1) is 0 Å². The molecule has 1 heterocycles. The summed E-state index contributed by atoms with van der Waals surface area (Å²) < 4.78 is 18.2. The zero-order valence-corrected chi connectivity index (χ0v) is 11.9. The number of nitrogens with zero attached hydrogens (tertiary/aromatic N) is 2. The number of hydrogen-bond acceptors (Lipinski definition) is 4. The van der Waals surface area contributed by atoms with Gasteiger partial charge >= 0.3 is 0 Å². The first-order valence-corrected chi connectivity index (χ1v) is 6.50. The van der Waals surface area contributed by atoms with Gasteiger partial charge in [0.05, 0.1) is 25.2 Å². The first kappa shape index (κ1) is 14.2. The van der Waals surface area contributed by atoms with Crippen molar-refractivity contribution in [2.45, 2.75) is 13.8 Å². The average molecular weight is 275 g/mol. The van der Waals surface area contributed by atoms with Crippen LogP contribution in [0.2, 0.25) is 0 Å². The van der Waals surface area contributed by atoms with Crippen molar-refractivity contribution in [1.82, 2.24) is 9.97 Å². The molecule has 1 aromatic heterocycles. The molecule has 2 aromatic rings. The minimum absolute atomic E-state index is 0.448. The maximum Gasteiger partial charge on any atom is 0.159 e. The molecule has 0 saturated heterocycles. The predicted octanol–water partition coefficient (Wildman–Crippen LogP) is 3.36. The molecule has 20 heavy (non-hydrogen) atoms. The zero-order chi connectivity index (χ0) is 14.5. The summed E-state index contributed by atoms with van der Waals surface area (Å²) >= 11 is 0. The third kappa shape index (κ3) is 3.44. The van der Waals surface area contributed by atoms with Crippen LogP contribution in [0, 0.1) is 11.7 Å². The number of ether oxygens (including phenoxy) is 1. The fraction of sp³-hybridized carbons (Fsp3) is 0.333. The van der Waals surface area contributed by atoms with Crippen LogP contribution in [0.3, 0.4) is 0 Å². The molecule has 0 aliphatic rings. The van der Waals surface area contributed by atoms with Gasteiger partial charge < -0.3 is 10.1 Å². The van der Waals surface area contributed by atoms with E-state index in [2.05, 4.69) is 29.1 Å². The normalized spacial score (nSPS) is 10.7. The summed E-state index contributed by atoms with van der Waals surface area (Å²) in [6, 6.07) is 5.65. The molecule has 106 valence electrons. The standard InChI is InChI=1S/C15H18FN3O/c1-10(2)7-17-13-5-4-11(6-14(13)20-3)15-18-8-12(16)9-19-15/h4-6,8-10,17H,7H2,1-3H3. The van der Waals surface area contributed by atoms with Crippen LogP contribution in [0.15, 0.2) is 30.6 Å². The van der Waals surface area contributed by atoms with E-state index in [4.69, 9.17) is 4.74 Å². The van der Waals surface area contributed by atoms with Crippen LogP contribution in [0.4, 0.5) is 10.1 Å². The second kappa shape index (κ2) is 6.32. The van der Waals surface area contributed by atoms with Crippen molar-refractivity contribution in [1.29, 1.82) is 0 Å². The van der Waals surface area contributed by atoms with Gasteiger partial charge in [-0.1, -0.05) is 13.8 Å². The summed E-state index contributed by atoms with van der Waals surface area (Å²) in [5, 5.41) is 3.33. The van der Waals surface area contributed by atoms with Gasteiger partial charge in [0.2, 0.25) is 0 Å². The molecule has 0 spiro atoms. The number of benzene rings is 1.